The average Bonchev–Trinajstić information content (AvgIpc) is 2.64. The van der Waals surface area contributed by atoms with Gasteiger partial charge in [0.05, 0.1) is 5.69 Å². The minimum absolute atomic E-state index is 0.0944. The van der Waals surface area contributed by atoms with Crippen LogP contribution >= 0.6 is 0 Å². The van der Waals surface area contributed by atoms with Crippen LogP contribution in [0.2, 0.25) is 0 Å². The Kier molecular flexibility index (Phi) is 8.42. The summed E-state index contributed by atoms with van der Waals surface area (Å²) in [4.78, 5) is 5.08. The van der Waals surface area contributed by atoms with E-state index in [1.165, 1.54) is 27.9 Å². The molecule has 0 aromatic heterocycles. The molecule has 1 N–H and O–H groups in total. The van der Waals surface area contributed by atoms with E-state index in [9.17, 15) is 0 Å². The third-order valence-electron chi connectivity index (χ3n) is 6.65. The summed E-state index contributed by atoms with van der Waals surface area (Å²) in [7, 11) is 0. The van der Waals surface area contributed by atoms with Crippen LogP contribution in [0.3, 0.4) is 0 Å². The highest BCUT2D eigenvalue weighted by Gasteiger charge is 2.22. The number of rotatable bonds is 5. The van der Waals surface area contributed by atoms with Gasteiger partial charge < -0.3 is 5.32 Å². The fourth-order valence-corrected chi connectivity index (χ4v) is 4.16. The Bertz CT molecular complexity index is 980. The first-order valence-corrected chi connectivity index (χ1v) is 13.3. The van der Waals surface area contributed by atoms with Crippen LogP contribution in [0.4, 0.5) is 11.4 Å². The molecule has 35 heavy (non-hydrogen) atoms. The van der Waals surface area contributed by atoms with Crippen molar-refractivity contribution in [2.45, 2.75) is 131 Å². The van der Waals surface area contributed by atoms with Gasteiger partial charge in [-0.25, -0.2) is 0 Å². The van der Waals surface area contributed by atoms with Gasteiger partial charge in [-0.2, -0.15) is 0 Å². The molecule has 2 rings (SSSR count). The summed E-state index contributed by atoms with van der Waals surface area (Å²) in [5.74, 6) is 0. The highest BCUT2D eigenvalue weighted by Crippen LogP contribution is 2.34. The van der Waals surface area contributed by atoms with Gasteiger partial charge in [-0.05, 0) is 82.0 Å². The normalized spacial score (nSPS) is 14.7. The van der Waals surface area contributed by atoms with Gasteiger partial charge in [0.2, 0.25) is 0 Å². The van der Waals surface area contributed by atoms with E-state index in [0.717, 1.165) is 17.8 Å². The average molecular weight is 477 g/mol. The van der Waals surface area contributed by atoms with Crippen molar-refractivity contribution >= 4 is 17.1 Å². The minimum atomic E-state index is 0.0944. The zero-order valence-corrected chi connectivity index (χ0v) is 25.2. The number of nitrogens with one attached hydrogen (secondary N) is 1. The Labute approximate surface area is 217 Å². The van der Waals surface area contributed by atoms with Crippen molar-refractivity contribution in [1.29, 1.82) is 0 Å². The van der Waals surface area contributed by atoms with E-state index in [4.69, 9.17) is 4.99 Å². The van der Waals surface area contributed by atoms with Crippen molar-refractivity contribution < 1.29 is 0 Å². The molecular weight excluding hydrogens is 424 g/mol. The first-order valence-electron chi connectivity index (χ1n) is 13.3. The van der Waals surface area contributed by atoms with Gasteiger partial charge in [-0.15, -0.1) is 0 Å². The van der Waals surface area contributed by atoms with Gasteiger partial charge >= 0.3 is 0 Å². The number of hydrogen-bond donors (Lipinski definition) is 1. The molecule has 0 aliphatic heterocycles. The zero-order chi connectivity index (χ0) is 27.0. The van der Waals surface area contributed by atoms with Gasteiger partial charge in [0.25, 0.3) is 0 Å². The highest BCUT2D eigenvalue weighted by atomic mass is 14.9. The first-order chi connectivity index (χ1) is 15.7. The van der Waals surface area contributed by atoms with Crippen LogP contribution < -0.4 is 5.32 Å². The third-order valence-corrected chi connectivity index (χ3v) is 6.65. The molecule has 194 valence electrons. The van der Waals surface area contributed by atoms with Crippen LogP contribution in [-0.2, 0) is 21.7 Å². The molecule has 0 radical (unpaired) electrons. The van der Waals surface area contributed by atoms with Crippen molar-refractivity contribution in [1.82, 2.24) is 0 Å². The van der Waals surface area contributed by atoms with Gasteiger partial charge in [-0.3, -0.25) is 4.99 Å². The minimum Gasteiger partial charge on any atom is -0.382 e. The third kappa shape index (κ3) is 8.51. The maximum Gasteiger partial charge on any atom is 0.0634 e. The number of aliphatic imine (C=N–C) groups is 1. The second-order valence-electron chi connectivity index (χ2n) is 14.7. The number of anilines is 1. The topological polar surface area (TPSA) is 24.4 Å². The summed E-state index contributed by atoms with van der Waals surface area (Å²) < 4.78 is 0. The van der Waals surface area contributed by atoms with Crippen LogP contribution in [0.15, 0.2) is 41.4 Å². The molecule has 0 amide bonds. The number of hydrogen-bond acceptors (Lipinski definition) is 2. The second-order valence-corrected chi connectivity index (χ2v) is 14.7. The molecule has 2 heteroatoms. The maximum atomic E-state index is 5.08. The smallest absolute Gasteiger partial charge is 0.0634 e. The summed E-state index contributed by atoms with van der Waals surface area (Å²) in [5, 5.41) is 3.77. The van der Waals surface area contributed by atoms with E-state index in [1.807, 2.05) is 0 Å². The molecule has 0 spiro atoms. The monoisotopic (exact) mass is 476 g/mol. The van der Waals surface area contributed by atoms with Gasteiger partial charge in [0.1, 0.15) is 0 Å². The molecule has 1 unspecified atom stereocenters. The van der Waals surface area contributed by atoms with Gasteiger partial charge in [0, 0.05) is 23.9 Å². The molecule has 2 aromatic carbocycles. The Morgan fingerprint density at radius 1 is 0.629 bits per heavy atom. The van der Waals surface area contributed by atoms with Crippen LogP contribution in [-0.4, -0.2) is 11.8 Å². The number of nitrogens with zero attached hydrogens (tertiary/aromatic N) is 1. The van der Waals surface area contributed by atoms with Crippen molar-refractivity contribution in [2.75, 3.05) is 5.32 Å². The van der Waals surface area contributed by atoms with E-state index in [2.05, 4.69) is 139 Å². The summed E-state index contributed by atoms with van der Waals surface area (Å²) in [5.41, 5.74) is 9.27. The molecule has 0 bridgehead atoms. The zero-order valence-electron chi connectivity index (χ0n) is 25.2. The lowest BCUT2D eigenvalue weighted by atomic mass is 9.80. The van der Waals surface area contributed by atoms with E-state index in [1.54, 1.807) is 0 Å². The maximum absolute atomic E-state index is 5.08. The molecular formula is C33H52N2. The van der Waals surface area contributed by atoms with Crippen molar-refractivity contribution in [2.24, 2.45) is 4.99 Å². The largest absolute Gasteiger partial charge is 0.382 e. The van der Waals surface area contributed by atoms with Crippen LogP contribution in [0.1, 0.15) is 126 Å². The summed E-state index contributed by atoms with van der Waals surface area (Å²) in [6.07, 6.45) is 0.898. The van der Waals surface area contributed by atoms with Crippen molar-refractivity contribution in [3.8, 4) is 0 Å². The molecule has 1 atom stereocenters. The van der Waals surface area contributed by atoms with E-state index >= 15 is 0 Å². The number of benzene rings is 2. The summed E-state index contributed by atoms with van der Waals surface area (Å²) >= 11 is 0. The van der Waals surface area contributed by atoms with Crippen LogP contribution in [0.25, 0.3) is 0 Å². The molecule has 2 nitrogen and oxygen atoms in total. The van der Waals surface area contributed by atoms with Gasteiger partial charge in [-0.1, -0.05) is 95.2 Å². The fraction of sp³-hybridized carbons (Fsp3) is 0.606. The van der Waals surface area contributed by atoms with E-state index in [-0.39, 0.29) is 27.7 Å². The summed E-state index contributed by atoms with van der Waals surface area (Å²) in [6, 6.07) is 14.2. The molecule has 0 fully saturated rings. The van der Waals surface area contributed by atoms with Crippen molar-refractivity contribution in [3.05, 3.63) is 58.7 Å². The fourth-order valence-electron chi connectivity index (χ4n) is 4.16. The SMILES string of the molecule is CC(CC(C)Nc1cc(C(C)(C)C)cc(C(C)(C)C)c1)=Nc1cc(C(C)(C)C)cc(C(C)(C)C)c1. The molecule has 0 aliphatic rings. The van der Waals surface area contributed by atoms with Crippen LogP contribution in [0.5, 0.6) is 0 Å². The molecule has 2 aromatic rings. The molecule has 0 aliphatic carbocycles. The predicted molar refractivity (Wildman–Crippen MR) is 158 cm³/mol. The lowest BCUT2D eigenvalue weighted by Crippen LogP contribution is -2.21. The first kappa shape index (κ1) is 29.1. The molecule has 0 saturated carbocycles. The van der Waals surface area contributed by atoms with Gasteiger partial charge in [0.15, 0.2) is 0 Å². The lowest BCUT2D eigenvalue weighted by Gasteiger charge is -2.27. The Hall–Kier alpha value is -2.09. The van der Waals surface area contributed by atoms with E-state index < -0.39 is 0 Å². The predicted octanol–water partition coefficient (Wildman–Crippen LogP) is 9.86. The Morgan fingerprint density at radius 2 is 0.971 bits per heavy atom. The molecule has 0 saturated heterocycles. The highest BCUT2D eigenvalue weighted by molar-refractivity contribution is 5.85. The second kappa shape index (κ2) is 10.1. The quantitative estimate of drug-likeness (QED) is 0.427. The Balaban J connectivity index is 2.32. The Morgan fingerprint density at radius 3 is 1.31 bits per heavy atom. The lowest BCUT2D eigenvalue weighted by molar-refractivity contribution is 0.568. The van der Waals surface area contributed by atoms with E-state index in [0.29, 0.717) is 0 Å². The standard InChI is InChI=1S/C33H52N2/c1-22(34-28-18-24(30(3,4)5)16-25(19-28)31(6,7)8)15-23(2)35-29-20-26(32(9,10)11)17-27(21-29)33(12,13)14/h16-22,34H,15H2,1-14H3. The molecule has 0 heterocycles. The summed E-state index contributed by atoms with van der Waals surface area (Å²) in [6.45, 7) is 31.8. The van der Waals surface area contributed by atoms with Crippen molar-refractivity contribution in [3.63, 3.8) is 0 Å². The van der Waals surface area contributed by atoms with Crippen LogP contribution in [0, 0.1) is 0 Å².